The van der Waals surface area contributed by atoms with Gasteiger partial charge in [-0.15, -0.1) is 11.6 Å². The highest BCUT2D eigenvalue weighted by Crippen LogP contribution is 2.33. The summed E-state index contributed by atoms with van der Waals surface area (Å²) < 4.78 is 7.61. The Balaban J connectivity index is 2.06. The monoisotopic (exact) mass is 270 g/mol. The molecule has 3 nitrogen and oxygen atoms in total. The van der Waals surface area contributed by atoms with E-state index in [1.165, 1.54) is 0 Å². The summed E-state index contributed by atoms with van der Waals surface area (Å²) in [5.74, 6) is 0.658. The second kappa shape index (κ2) is 6.07. The SMILES string of the molecule is CCC(CC)n1ccc(CC2(CCl)CCOC2)n1. The van der Waals surface area contributed by atoms with Crippen molar-refractivity contribution in [3.05, 3.63) is 18.0 Å². The molecule has 1 unspecified atom stereocenters. The molecule has 0 bridgehead atoms. The molecule has 0 aromatic carbocycles. The molecule has 1 saturated heterocycles. The first-order valence-corrected chi connectivity index (χ1v) is 7.44. The third kappa shape index (κ3) is 2.89. The van der Waals surface area contributed by atoms with Crippen molar-refractivity contribution in [1.29, 1.82) is 0 Å². The molecule has 0 radical (unpaired) electrons. The second-order valence-corrected chi connectivity index (χ2v) is 5.64. The van der Waals surface area contributed by atoms with Gasteiger partial charge < -0.3 is 4.74 Å². The van der Waals surface area contributed by atoms with E-state index in [4.69, 9.17) is 21.4 Å². The highest BCUT2D eigenvalue weighted by Gasteiger charge is 2.35. The molecule has 1 aromatic heterocycles. The van der Waals surface area contributed by atoms with Crippen molar-refractivity contribution < 1.29 is 4.74 Å². The smallest absolute Gasteiger partial charge is 0.0631 e. The van der Waals surface area contributed by atoms with Gasteiger partial charge in [0.2, 0.25) is 0 Å². The van der Waals surface area contributed by atoms with Gasteiger partial charge in [0, 0.05) is 30.5 Å². The quantitative estimate of drug-likeness (QED) is 0.741. The van der Waals surface area contributed by atoms with Gasteiger partial charge in [0.25, 0.3) is 0 Å². The minimum absolute atomic E-state index is 0.106. The van der Waals surface area contributed by atoms with E-state index >= 15 is 0 Å². The van der Waals surface area contributed by atoms with Crippen molar-refractivity contribution in [3.8, 4) is 0 Å². The van der Waals surface area contributed by atoms with Gasteiger partial charge in [0.15, 0.2) is 0 Å². The molecule has 2 heterocycles. The lowest BCUT2D eigenvalue weighted by molar-refractivity contribution is 0.160. The number of alkyl halides is 1. The van der Waals surface area contributed by atoms with Crippen LogP contribution in [0.15, 0.2) is 12.3 Å². The molecule has 18 heavy (non-hydrogen) atoms. The summed E-state index contributed by atoms with van der Waals surface area (Å²) in [6, 6.07) is 2.65. The molecule has 102 valence electrons. The van der Waals surface area contributed by atoms with Crippen LogP contribution in [0.3, 0.4) is 0 Å². The minimum Gasteiger partial charge on any atom is -0.381 e. The fourth-order valence-electron chi connectivity index (χ4n) is 2.66. The Hall–Kier alpha value is -0.540. The Bertz CT molecular complexity index is 368. The summed E-state index contributed by atoms with van der Waals surface area (Å²) >= 11 is 6.12. The van der Waals surface area contributed by atoms with Crippen LogP contribution in [-0.4, -0.2) is 28.9 Å². The van der Waals surface area contributed by atoms with Crippen LogP contribution in [0.2, 0.25) is 0 Å². The molecule has 1 fully saturated rings. The van der Waals surface area contributed by atoms with Crippen LogP contribution in [0, 0.1) is 5.41 Å². The predicted molar refractivity (Wildman–Crippen MR) is 74.1 cm³/mol. The third-order valence-electron chi connectivity index (χ3n) is 4.00. The summed E-state index contributed by atoms with van der Waals surface area (Å²) in [6.45, 7) is 6.02. The molecule has 1 atom stereocenters. The Labute approximate surface area is 114 Å². The van der Waals surface area contributed by atoms with Crippen molar-refractivity contribution in [2.45, 2.75) is 45.6 Å². The van der Waals surface area contributed by atoms with Gasteiger partial charge in [-0.25, -0.2) is 0 Å². The number of hydrogen-bond acceptors (Lipinski definition) is 2. The largest absolute Gasteiger partial charge is 0.381 e. The summed E-state index contributed by atoms with van der Waals surface area (Å²) in [6.07, 6.45) is 6.34. The topological polar surface area (TPSA) is 27.1 Å². The summed E-state index contributed by atoms with van der Waals surface area (Å²) in [5, 5.41) is 4.71. The normalized spacial score (nSPS) is 24.0. The van der Waals surface area contributed by atoms with Gasteiger partial charge in [-0.3, -0.25) is 4.68 Å². The Morgan fingerprint density at radius 1 is 1.50 bits per heavy atom. The van der Waals surface area contributed by atoms with Crippen molar-refractivity contribution >= 4 is 11.6 Å². The highest BCUT2D eigenvalue weighted by atomic mass is 35.5. The van der Waals surface area contributed by atoms with Gasteiger partial charge in [-0.1, -0.05) is 13.8 Å². The van der Waals surface area contributed by atoms with Crippen molar-refractivity contribution in [2.75, 3.05) is 19.1 Å². The van der Waals surface area contributed by atoms with Gasteiger partial charge >= 0.3 is 0 Å². The average Bonchev–Trinajstić information content (AvgIpc) is 3.02. The average molecular weight is 271 g/mol. The number of aromatic nitrogens is 2. The van der Waals surface area contributed by atoms with E-state index in [1.54, 1.807) is 0 Å². The lowest BCUT2D eigenvalue weighted by atomic mass is 9.85. The first kappa shape index (κ1) is 13.9. The Morgan fingerprint density at radius 2 is 2.28 bits per heavy atom. The predicted octanol–water partition coefficient (Wildman–Crippen LogP) is 3.43. The lowest BCUT2D eigenvalue weighted by Gasteiger charge is -2.23. The van der Waals surface area contributed by atoms with Gasteiger partial charge in [-0.05, 0) is 25.3 Å². The highest BCUT2D eigenvalue weighted by molar-refractivity contribution is 6.18. The van der Waals surface area contributed by atoms with Gasteiger partial charge in [-0.2, -0.15) is 5.10 Å². The van der Waals surface area contributed by atoms with E-state index in [9.17, 15) is 0 Å². The Kier molecular flexibility index (Phi) is 4.68. The van der Waals surface area contributed by atoms with E-state index in [0.717, 1.165) is 44.6 Å². The molecule has 0 saturated carbocycles. The maximum Gasteiger partial charge on any atom is 0.0631 e. The second-order valence-electron chi connectivity index (χ2n) is 5.37. The van der Waals surface area contributed by atoms with Crippen LogP contribution in [0.4, 0.5) is 0 Å². The lowest BCUT2D eigenvalue weighted by Crippen LogP contribution is -2.26. The van der Waals surface area contributed by atoms with Gasteiger partial charge in [0.1, 0.15) is 0 Å². The summed E-state index contributed by atoms with van der Waals surface area (Å²) in [4.78, 5) is 0. The van der Waals surface area contributed by atoms with E-state index in [0.29, 0.717) is 11.9 Å². The molecule has 0 N–H and O–H groups in total. The van der Waals surface area contributed by atoms with Crippen LogP contribution in [0.25, 0.3) is 0 Å². The van der Waals surface area contributed by atoms with Crippen molar-refractivity contribution in [2.24, 2.45) is 5.41 Å². The van der Waals surface area contributed by atoms with E-state index in [2.05, 4.69) is 30.8 Å². The zero-order chi connectivity index (χ0) is 13.0. The van der Waals surface area contributed by atoms with E-state index in [1.807, 2.05) is 0 Å². The standard InChI is InChI=1S/C14H23ClN2O/c1-3-13(4-2)17-7-5-12(16-17)9-14(10-15)6-8-18-11-14/h5,7,13H,3-4,6,8-11H2,1-2H3. The van der Waals surface area contributed by atoms with Crippen molar-refractivity contribution in [3.63, 3.8) is 0 Å². The van der Waals surface area contributed by atoms with Crippen LogP contribution >= 0.6 is 11.6 Å². The maximum absolute atomic E-state index is 6.12. The molecular weight excluding hydrogens is 248 g/mol. The van der Waals surface area contributed by atoms with Gasteiger partial charge in [0.05, 0.1) is 18.3 Å². The first-order chi connectivity index (χ1) is 8.73. The zero-order valence-electron chi connectivity index (χ0n) is 11.4. The van der Waals surface area contributed by atoms with Crippen LogP contribution < -0.4 is 0 Å². The molecule has 1 aliphatic heterocycles. The molecule has 0 aliphatic carbocycles. The van der Waals surface area contributed by atoms with Crippen LogP contribution in [0.5, 0.6) is 0 Å². The number of halogens is 1. The molecule has 4 heteroatoms. The maximum atomic E-state index is 6.12. The number of rotatable bonds is 6. The number of ether oxygens (including phenoxy) is 1. The van der Waals surface area contributed by atoms with E-state index in [-0.39, 0.29) is 5.41 Å². The Morgan fingerprint density at radius 3 is 2.83 bits per heavy atom. The first-order valence-electron chi connectivity index (χ1n) is 6.91. The third-order valence-corrected chi connectivity index (χ3v) is 4.57. The fourth-order valence-corrected chi connectivity index (χ4v) is 2.97. The molecule has 1 aromatic rings. The van der Waals surface area contributed by atoms with Crippen LogP contribution in [0.1, 0.15) is 44.8 Å². The fraction of sp³-hybridized carbons (Fsp3) is 0.786. The molecule has 0 amide bonds. The minimum atomic E-state index is 0.106. The molecule has 1 aliphatic rings. The molecular formula is C14H23ClN2O. The summed E-state index contributed by atoms with van der Waals surface area (Å²) in [7, 11) is 0. The molecule has 2 rings (SSSR count). The molecule has 0 spiro atoms. The number of nitrogens with zero attached hydrogens (tertiary/aromatic N) is 2. The van der Waals surface area contributed by atoms with E-state index < -0.39 is 0 Å². The van der Waals surface area contributed by atoms with Crippen molar-refractivity contribution in [1.82, 2.24) is 9.78 Å². The zero-order valence-corrected chi connectivity index (χ0v) is 12.1. The number of hydrogen-bond donors (Lipinski definition) is 0. The summed E-state index contributed by atoms with van der Waals surface area (Å²) in [5.41, 5.74) is 1.25. The van der Waals surface area contributed by atoms with Crippen LogP contribution in [-0.2, 0) is 11.2 Å².